The standard InChI is InChI=1S/C18H25N5O2/c1-4-15-17(23(24)25)18(21(3)20-15)19-16-12-22(10-13(16)2)11-14-8-6-5-7-9-14/h5-9,13,16,19H,4,10-12H2,1-3H3. The molecule has 0 bridgehead atoms. The number of likely N-dealkylation sites (tertiary alicyclic amines) is 1. The third-order valence-corrected chi connectivity index (χ3v) is 4.87. The van der Waals surface area contributed by atoms with Gasteiger partial charge in [0, 0.05) is 32.7 Å². The summed E-state index contributed by atoms with van der Waals surface area (Å²) < 4.78 is 1.60. The second-order valence-corrected chi connectivity index (χ2v) is 6.79. The first-order valence-electron chi connectivity index (χ1n) is 8.72. The average molecular weight is 343 g/mol. The van der Waals surface area contributed by atoms with Gasteiger partial charge < -0.3 is 5.32 Å². The monoisotopic (exact) mass is 343 g/mol. The molecule has 2 aromatic rings. The van der Waals surface area contributed by atoms with Crippen LogP contribution in [-0.2, 0) is 20.0 Å². The number of hydrogen-bond acceptors (Lipinski definition) is 5. The van der Waals surface area contributed by atoms with Gasteiger partial charge >= 0.3 is 5.69 Å². The molecule has 3 rings (SSSR count). The van der Waals surface area contributed by atoms with Crippen LogP contribution in [0.5, 0.6) is 0 Å². The zero-order valence-corrected chi connectivity index (χ0v) is 15.0. The predicted octanol–water partition coefficient (Wildman–Crippen LogP) is 2.82. The fraction of sp³-hybridized carbons (Fsp3) is 0.500. The molecule has 1 aliphatic heterocycles. The van der Waals surface area contributed by atoms with Gasteiger partial charge in [0.05, 0.1) is 4.92 Å². The highest BCUT2D eigenvalue weighted by atomic mass is 16.6. The minimum absolute atomic E-state index is 0.110. The van der Waals surface area contributed by atoms with E-state index in [-0.39, 0.29) is 16.7 Å². The van der Waals surface area contributed by atoms with Crippen molar-refractivity contribution < 1.29 is 4.92 Å². The van der Waals surface area contributed by atoms with Crippen molar-refractivity contribution in [1.29, 1.82) is 0 Å². The molecule has 0 aliphatic carbocycles. The Morgan fingerprint density at radius 1 is 1.32 bits per heavy atom. The van der Waals surface area contributed by atoms with Crippen LogP contribution in [0.4, 0.5) is 11.5 Å². The molecule has 7 heteroatoms. The lowest BCUT2D eigenvalue weighted by atomic mass is 10.1. The SMILES string of the molecule is CCc1nn(C)c(NC2CN(Cc3ccccc3)CC2C)c1[N+](=O)[O-]. The van der Waals surface area contributed by atoms with Gasteiger partial charge in [0.15, 0.2) is 0 Å². The summed E-state index contributed by atoms with van der Waals surface area (Å²) in [5.74, 6) is 0.920. The van der Waals surface area contributed by atoms with E-state index in [0.29, 0.717) is 23.9 Å². The van der Waals surface area contributed by atoms with E-state index < -0.39 is 0 Å². The number of benzene rings is 1. The van der Waals surface area contributed by atoms with E-state index >= 15 is 0 Å². The summed E-state index contributed by atoms with van der Waals surface area (Å²) >= 11 is 0. The van der Waals surface area contributed by atoms with Crippen LogP contribution in [0.1, 0.15) is 25.1 Å². The van der Waals surface area contributed by atoms with Gasteiger partial charge in [-0.1, -0.05) is 44.2 Å². The number of nitrogens with one attached hydrogen (secondary N) is 1. The van der Waals surface area contributed by atoms with Crippen LogP contribution >= 0.6 is 0 Å². The Balaban J connectivity index is 1.73. The first-order chi connectivity index (χ1) is 12.0. The van der Waals surface area contributed by atoms with Crippen molar-refractivity contribution >= 4 is 11.5 Å². The van der Waals surface area contributed by atoms with Crippen molar-refractivity contribution in [1.82, 2.24) is 14.7 Å². The largest absolute Gasteiger partial charge is 0.360 e. The highest BCUT2D eigenvalue weighted by Crippen LogP contribution is 2.31. The zero-order valence-electron chi connectivity index (χ0n) is 15.0. The summed E-state index contributed by atoms with van der Waals surface area (Å²) in [5, 5.41) is 19.2. The zero-order chi connectivity index (χ0) is 18.0. The van der Waals surface area contributed by atoms with E-state index in [1.165, 1.54) is 5.56 Å². The summed E-state index contributed by atoms with van der Waals surface area (Å²) in [6.07, 6.45) is 0.548. The van der Waals surface area contributed by atoms with Crippen molar-refractivity contribution in [2.45, 2.75) is 32.9 Å². The van der Waals surface area contributed by atoms with Gasteiger partial charge in [-0.05, 0) is 17.9 Å². The quantitative estimate of drug-likeness (QED) is 0.645. The summed E-state index contributed by atoms with van der Waals surface area (Å²) in [6, 6.07) is 10.6. The third-order valence-electron chi connectivity index (χ3n) is 4.87. The summed E-state index contributed by atoms with van der Waals surface area (Å²) in [7, 11) is 1.76. The molecule has 1 fully saturated rings. The third kappa shape index (κ3) is 3.66. The van der Waals surface area contributed by atoms with Crippen molar-refractivity contribution in [3.63, 3.8) is 0 Å². The molecule has 25 heavy (non-hydrogen) atoms. The van der Waals surface area contributed by atoms with Crippen LogP contribution in [0, 0.1) is 16.0 Å². The van der Waals surface area contributed by atoms with Crippen molar-refractivity contribution in [3.05, 3.63) is 51.7 Å². The maximum absolute atomic E-state index is 11.5. The molecule has 1 aliphatic rings. The minimum atomic E-state index is -0.324. The molecule has 2 unspecified atom stereocenters. The van der Waals surface area contributed by atoms with E-state index in [4.69, 9.17) is 0 Å². The lowest BCUT2D eigenvalue weighted by Gasteiger charge is -2.18. The number of hydrogen-bond donors (Lipinski definition) is 1. The molecule has 1 N–H and O–H groups in total. The summed E-state index contributed by atoms with van der Waals surface area (Å²) in [5.41, 5.74) is 1.93. The van der Waals surface area contributed by atoms with E-state index in [1.807, 2.05) is 13.0 Å². The molecular weight excluding hydrogens is 318 g/mol. The van der Waals surface area contributed by atoms with E-state index in [2.05, 4.69) is 46.5 Å². The molecule has 1 aromatic carbocycles. The Bertz CT molecular complexity index is 743. The van der Waals surface area contributed by atoms with Gasteiger partial charge in [0.25, 0.3) is 0 Å². The first kappa shape index (κ1) is 17.4. The molecule has 0 radical (unpaired) electrons. The van der Waals surface area contributed by atoms with Crippen molar-refractivity contribution in [3.8, 4) is 0 Å². The lowest BCUT2D eigenvalue weighted by Crippen LogP contribution is -2.29. The molecule has 2 atom stereocenters. The van der Waals surface area contributed by atoms with Crippen molar-refractivity contribution in [2.24, 2.45) is 13.0 Å². The smallest absolute Gasteiger partial charge is 0.333 e. The number of anilines is 1. The number of aryl methyl sites for hydroxylation is 2. The van der Waals surface area contributed by atoms with Crippen LogP contribution in [-0.4, -0.2) is 38.7 Å². The fourth-order valence-corrected chi connectivity index (χ4v) is 3.56. The molecule has 0 saturated carbocycles. The van der Waals surface area contributed by atoms with Crippen molar-refractivity contribution in [2.75, 3.05) is 18.4 Å². The van der Waals surface area contributed by atoms with Gasteiger partial charge in [-0.3, -0.25) is 15.0 Å². The molecule has 0 amide bonds. The van der Waals surface area contributed by atoms with E-state index in [9.17, 15) is 10.1 Å². The average Bonchev–Trinajstić information content (AvgIpc) is 3.09. The Morgan fingerprint density at radius 3 is 2.68 bits per heavy atom. The molecule has 2 heterocycles. The number of nitro groups is 1. The normalized spacial score (nSPS) is 20.8. The van der Waals surface area contributed by atoms with Crippen LogP contribution in [0.15, 0.2) is 30.3 Å². The summed E-state index contributed by atoms with van der Waals surface area (Å²) in [4.78, 5) is 13.5. The Hall–Kier alpha value is -2.41. The van der Waals surface area contributed by atoms with Gasteiger partial charge in [-0.25, -0.2) is 4.68 Å². The Labute approximate surface area is 147 Å². The van der Waals surface area contributed by atoms with Crippen LogP contribution in [0.3, 0.4) is 0 Å². The Morgan fingerprint density at radius 2 is 2.04 bits per heavy atom. The maximum atomic E-state index is 11.5. The Kier molecular flexibility index (Phi) is 5.03. The molecule has 134 valence electrons. The second kappa shape index (κ2) is 7.23. The van der Waals surface area contributed by atoms with Gasteiger partial charge in [-0.2, -0.15) is 5.10 Å². The van der Waals surface area contributed by atoms with Crippen LogP contribution in [0.25, 0.3) is 0 Å². The highest BCUT2D eigenvalue weighted by Gasteiger charge is 2.33. The minimum Gasteiger partial charge on any atom is -0.360 e. The number of nitrogens with zero attached hydrogens (tertiary/aromatic N) is 4. The lowest BCUT2D eigenvalue weighted by molar-refractivity contribution is -0.384. The predicted molar refractivity (Wildman–Crippen MR) is 97.5 cm³/mol. The molecule has 7 nitrogen and oxygen atoms in total. The van der Waals surface area contributed by atoms with Gasteiger partial charge in [0.1, 0.15) is 5.69 Å². The van der Waals surface area contributed by atoms with Crippen LogP contribution in [0.2, 0.25) is 0 Å². The molecular formula is C18H25N5O2. The molecule has 1 saturated heterocycles. The van der Waals surface area contributed by atoms with Gasteiger partial charge in [0.2, 0.25) is 5.82 Å². The fourth-order valence-electron chi connectivity index (χ4n) is 3.56. The second-order valence-electron chi connectivity index (χ2n) is 6.79. The maximum Gasteiger partial charge on any atom is 0.333 e. The number of aromatic nitrogens is 2. The van der Waals surface area contributed by atoms with Crippen LogP contribution < -0.4 is 5.32 Å². The highest BCUT2D eigenvalue weighted by molar-refractivity contribution is 5.60. The van der Waals surface area contributed by atoms with Gasteiger partial charge in [-0.15, -0.1) is 0 Å². The van der Waals surface area contributed by atoms with E-state index in [1.54, 1.807) is 11.7 Å². The molecule has 0 spiro atoms. The summed E-state index contributed by atoms with van der Waals surface area (Å²) in [6.45, 7) is 6.81. The topological polar surface area (TPSA) is 76.2 Å². The first-order valence-corrected chi connectivity index (χ1v) is 8.72. The molecule has 1 aromatic heterocycles. The van der Waals surface area contributed by atoms with E-state index in [0.717, 1.165) is 19.6 Å². The number of rotatable bonds is 6.